The number of nitrogens with one attached hydrogen (secondary N) is 2. The van der Waals surface area contributed by atoms with Crippen LogP contribution in [0.1, 0.15) is 15.9 Å². The van der Waals surface area contributed by atoms with Gasteiger partial charge in [-0.3, -0.25) is 9.52 Å². The lowest BCUT2D eigenvalue weighted by Gasteiger charge is -2.10. The Balaban J connectivity index is 1.76. The van der Waals surface area contributed by atoms with Crippen molar-refractivity contribution in [1.82, 2.24) is 5.43 Å². The molecule has 0 fully saturated rings. The zero-order valence-corrected chi connectivity index (χ0v) is 17.8. The van der Waals surface area contributed by atoms with Crippen molar-refractivity contribution in [2.45, 2.75) is 4.21 Å². The zero-order chi connectivity index (χ0) is 21.6. The van der Waals surface area contributed by atoms with Gasteiger partial charge < -0.3 is 9.47 Å². The van der Waals surface area contributed by atoms with E-state index < -0.39 is 15.9 Å². The van der Waals surface area contributed by atoms with Crippen molar-refractivity contribution in [3.63, 3.8) is 0 Å². The third-order valence-electron chi connectivity index (χ3n) is 3.99. The normalized spacial score (nSPS) is 11.3. The molecule has 0 aliphatic rings. The molecule has 1 aromatic heterocycles. The predicted octanol–water partition coefficient (Wildman–Crippen LogP) is 3.33. The van der Waals surface area contributed by atoms with Crippen LogP contribution in [0, 0.1) is 0 Å². The number of amides is 1. The van der Waals surface area contributed by atoms with Crippen LogP contribution in [0.2, 0.25) is 0 Å². The number of hydrogen-bond acceptors (Lipinski definition) is 7. The second kappa shape index (κ2) is 9.42. The Bertz CT molecular complexity index is 1160. The average molecular weight is 446 g/mol. The van der Waals surface area contributed by atoms with Gasteiger partial charge in [0.1, 0.15) is 15.7 Å². The van der Waals surface area contributed by atoms with Crippen LogP contribution in [0.15, 0.2) is 69.3 Å². The number of sulfonamides is 1. The molecule has 30 heavy (non-hydrogen) atoms. The molecular formula is C20H19N3O5S2. The van der Waals surface area contributed by atoms with Crippen molar-refractivity contribution in [1.29, 1.82) is 0 Å². The van der Waals surface area contributed by atoms with Crippen molar-refractivity contribution in [3.05, 3.63) is 71.1 Å². The summed E-state index contributed by atoms with van der Waals surface area (Å²) in [6.07, 6.45) is 1.43. The molecule has 3 aromatic rings. The Morgan fingerprint density at radius 2 is 1.87 bits per heavy atom. The van der Waals surface area contributed by atoms with Crippen molar-refractivity contribution >= 4 is 39.2 Å². The van der Waals surface area contributed by atoms with E-state index in [0.717, 1.165) is 11.3 Å². The topological polar surface area (TPSA) is 106 Å². The molecule has 2 aromatic carbocycles. The first-order valence-corrected chi connectivity index (χ1v) is 11.0. The van der Waals surface area contributed by atoms with Crippen molar-refractivity contribution in [3.8, 4) is 11.5 Å². The Hall–Kier alpha value is -3.37. The minimum atomic E-state index is -3.78. The highest BCUT2D eigenvalue weighted by Gasteiger charge is 2.19. The fraction of sp³-hybridized carbons (Fsp3) is 0.100. The standard InChI is InChI=1S/C20H19N3O5S2/c1-27-15-10-9-14(18(12-15)28-2)13-21-22-20(24)16-6-3-4-7-17(16)23-30(25,26)19-8-5-11-29-19/h3-13,23H,1-2H3,(H,22,24)/b21-13-. The van der Waals surface area contributed by atoms with E-state index in [4.69, 9.17) is 9.47 Å². The summed E-state index contributed by atoms with van der Waals surface area (Å²) < 4.78 is 38.0. The van der Waals surface area contributed by atoms with Gasteiger partial charge in [0.15, 0.2) is 0 Å². The molecule has 0 radical (unpaired) electrons. The highest BCUT2D eigenvalue weighted by atomic mass is 32.2. The first-order chi connectivity index (χ1) is 14.4. The van der Waals surface area contributed by atoms with Gasteiger partial charge in [-0.05, 0) is 35.7 Å². The second-order valence-electron chi connectivity index (χ2n) is 5.89. The van der Waals surface area contributed by atoms with Crippen molar-refractivity contribution < 1.29 is 22.7 Å². The molecule has 1 heterocycles. The van der Waals surface area contributed by atoms with Crippen LogP contribution >= 0.6 is 11.3 Å². The molecule has 3 rings (SSSR count). The summed E-state index contributed by atoms with van der Waals surface area (Å²) in [4.78, 5) is 12.6. The lowest BCUT2D eigenvalue weighted by atomic mass is 10.2. The minimum absolute atomic E-state index is 0.136. The van der Waals surface area contributed by atoms with Crippen LogP contribution in [-0.4, -0.2) is 34.8 Å². The van der Waals surface area contributed by atoms with Crippen molar-refractivity contribution in [2.75, 3.05) is 18.9 Å². The number of thiophene rings is 1. The van der Waals surface area contributed by atoms with Gasteiger partial charge >= 0.3 is 0 Å². The maximum Gasteiger partial charge on any atom is 0.273 e. The molecule has 1 amide bonds. The Morgan fingerprint density at radius 1 is 1.07 bits per heavy atom. The summed E-state index contributed by atoms with van der Waals surface area (Å²) in [5, 5.41) is 5.61. The fourth-order valence-corrected chi connectivity index (χ4v) is 4.60. The van der Waals surface area contributed by atoms with Gasteiger partial charge in [0.25, 0.3) is 15.9 Å². The van der Waals surface area contributed by atoms with Crippen LogP contribution in [0.3, 0.4) is 0 Å². The lowest BCUT2D eigenvalue weighted by molar-refractivity contribution is 0.0956. The van der Waals surface area contributed by atoms with Crippen LogP contribution in [0.5, 0.6) is 11.5 Å². The van der Waals surface area contributed by atoms with Crippen LogP contribution in [0.25, 0.3) is 0 Å². The van der Waals surface area contributed by atoms with E-state index in [0.29, 0.717) is 17.1 Å². The molecule has 0 aliphatic heterocycles. The Kier molecular flexibility index (Phi) is 6.70. The Morgan fingerprint density at radius 3 is 2.57 bits per heavy atom. The average Bonchev–Trinajstić information content (AvgIpc) is 3.30. The molecule has 8 nitrogen and oxygen atoms in total. The molecule has 0 spiro atoms. The molecule has 156 valence electrons. The number of rotatable bonds is 8. The zero-order valence-electron chi connectivity index (χ0n) is 16.2. The molecular weight excluding hydrogens is 426 g/mol. The van der Waals surface area contributed by atoms with Crippen LogP contribution in [0.4, 0.5) is 5.69 Å². The monoisotopic (exact) mass is 445 g/mol. The summed E-state index contributed by atoms with van der Waals surface area (Å²) in [5.74, 6) is 0.583. The molecule has 2 N–H and O–H groups in total. The Labute approximate surface area is 178 Å². The van der Waals surface area contributed by atoms with Crippen molar-refractivity contribution in [2.24, 2.45) is 5.10 Å². The number of benzene rings is 2. The highest BCUT2D eigenvalue weighted by molar-refractivity contribution is 7.94. The van der Waals surface area contributed by atoms with E-state index >= 15 is 0 Å². The third-order valence-corrected chi connectivity index (χ3v) is 6.75. The first kappa shape index (κ1) is 21.3. The number of para-hydroxylation sites is 1. The summed E-state index contributed by atoms with van der Waals surface area (Å²) >= 11 is 1.09. The van der Waals surface area contributed by atoms with Gasteiger partial charge in [-0.15, -0.1) is 11.3 Å². The van der Waals surface area contributed by atoms with Gasteiger partial charge in [0, 0.05) is 11.6 Å². The van der Waals surface area contributed by atoms with Gasteiger partial charge in [0.05, 0.1) is 31.7 Å². The number of ether oxygens (including phenoxy) is 2. The predicted molar refractivity (Wildman–Crippen MR) is 116 cm³/mol. The summed E-state index contributed by atoms with van der Waals surface area (Å²) in [6.45, 7) is 0. The molecule has 0 aliphatic carbocycles. The van der Waals surface area contributed by atoms with Gasteiger partial charge in [-0.25, -0.2) is 13.8 Å². The fourth-order valence-electron chi connectivity index (χ4n) is 2.53. The van der Waals surface area contributed by atoms with E-state index in [-0.39, 0.29) is 15.5 Å². The number of carbonyl (C=O) groups excluding carboxylic acids is 1. The van der Waals surface area contributed by atoms with Crippen LogP contribution < -0.4 is 19.6 Å². The SMILES string of the molecule is COc1ccc(/C=N\NC(=O)c2ccccc2NS(=O)(=O)c2cccs2)c(OC)c1. The molecule has 0 saturated heterocycles. The summed E-state index contributed by atoms with van der Waals surface area (Å²) in [6, 6.07) is 14.6. The summed E-state index contributed by atoms with van der Waals surface area (Å²) in [7, 11) is -0.720. The second-order valence-corrected chi connectivity index (χ2v) is 8.75. The van der Waals surface area contributed by atoms with E-state index in [9.17, 15) is 13.2 Å². The minimum Gasteiger partial charge on any atom is -0.497 e. The smallest absolute Gasteiger partial charge is 0.273 e. The quantitative estimate of drug-likeness (QED) is 0.409. The van der Waals surface area contributed by atoms with E-state index in [2.05, 4.69) is 15.2 Å². The molecule has 0 saturated carbocycles. The molecule has 0 unspecified atom stereocenters. The first-order valence-electron chi connectivity index (χ1n) is 8.65. The number of methoxy groups -OCH3 is 2. The third kappa shape index (κ3) is 4.97. The van der Waals surface area contributed by atoms with Gasteiger partial charge in [-0.2, -0.15) is 5.10 Å². The van der Waals surface area contributed by atoms with E-state index in [1.807, 2.05) is 0 Å². The molecule has 0 atom stereocenters. The molecule has 10 heteroatoms. The molecule has 0 bridgehead atoms. The number of hydrazone groups is 1. The van der Waals surface area contributed by atoms with Crippen LogP contribution in [-0.2, 0) is 10.0 Å². The lowest BCUT2D eigenvalue weighted by Crippen LogP contribution is -2.21. The summed E-state index contributed by atoms with van der Waals surface area (Å²) in [5.41, 5.74) is 3.32. The highest BCUT2D eigenvalue weighted by Crippen LogP contribution is 2.24. The largest absolute Gasteiger partial charge is 0.497 e. The number of nitrogens with zero attached hydrogens (tertiary/aromatic N) is 1. The van der Waals surface area contributed by atoms with Gasteiger partial charge in [-0.1, -0.05) is 18.2 Å². The van der Waals surface area contributed by atoms with Gasteiger partial charge in [0.2, 0.25) is 0 Å². The number of carbonyl (C=O) groups is 1. The maximum absolute atomic E-state index is 12.6. The van der Waals surface area contributed by atoms with E-state index in [1.165, 1.54) is 31.5 Å². The number of anilines is 1. The number of hydrogen-bond donors (Lipinski definition) is 2. The maximum atomic E-state index is 12.6. The van der Waals surface area contributed by atoms with E-state index in [1.54, 1.807) is 48.9 Å².